The van der Waals surface area contributed by atoms with Gasteiger partial charge in [-0.25, -0.2) is 0 Å². The van der Waals surface area contributed by atoms with Gasteiger partial charge in [0, 0.05) is 18.5 Å². The lowest BCUT2D eigenvalue weighted by molar-refractivity contribution is -0.130. The van der Waals surface area contributed by atoms with Gasteiger partial charge >= 0.3 is 0 Å². The molecule has 2 fully saturated rings. The highest BCUT2D eigenvalue weighted by molar-refractivity contribution is 5.94. The molecule has 0 bridgehead atoms. The lowest BCUT2D eigenvalue weighted by Gasteiger charge is -2.38. The molecule has 0 aromatic carbocycles. The molecule has 0 radical (unpaired) electrons. The van der Waals surface area contributed by atoms with Gasteiger partial charge in [-0.3, -0.25) is 4.79 Å². The number of likely N-dealkylation sites (tertiary alicyclic amines) is 1. The van der Waals surface area contributed by atoms with Crippen molar-refractivity contribution in [1.82, 2.24) is 4.90 Å². The van der Waals surface area contributed by atoms with E-state index in [1.165, 1.54) is 6.42 Å². The van der Waals surface area contributed by atoms with Crippen LogP contribution in [0.3, 0.4) is 0 Å². The maximum Gasteiger partial charge on any atom is 0.253 e. The van der Waals surface area contributed by atoms with Crippen LogP contribution in [0.5, 0.6) is 0 Å². The molecule has 4 heteroatoms. The molecule has 2 heterocycles. The van der Waals surface area contributed by atoms with E-state index in [4.69, 9.17) is 4.74 Å². The first-order valence-electron chi connectivity index (χ1n) is 8.50. The second-order valence-electron chi connectivity index (χ2n) is 6.71. The third kappa shape index (κ3) is 2.96. The van der Waals surface area contributed by atoms with E-state index in [9.17, 15) is 9.90 Å². The standard InChI is InChI=1S/C17H27NO3/c1-12-13(7-5-11-21-12)17(20)18-10-4-8-15(18)14-6-2-3-9-16(14)19/h14-16,19H,2-11H2,1H3/t14-,15-,16-/m1/s1. The molecule has 1 amide bonds. The maximum absolute atomic E-state index is 12.9. The van der Waals surface area contributed by atoms with Crippen LogP contribution in [-0.4, -0.2) is 41.2 Å². The summed E-state index contributed by atoms with van der Waals surface area (Å²) in [5.41, 5.74) is 0.860. The van der Waals surface area contributed by atoms with Gasteiger partial charge in [-0.05, 0) is 45.4 Å². The Balaban J connectivity index is 1.75. The van der Waals surface area contributed by atoms with E-state index in [0.717, 1.165) is 69.4 Å². The van der Waals surface area contributed by atoms with Crippen LogP contribution in [0.2, 0.25) is 0 Å². The minimum absolute atomic E-state index is 0.160. The number of carbonyl (C=O) groups excluding carboxylic acids is 1. The van der Waals surface area contributed by atoms with Crippen LogP contribution in [0.15, 0.2) is 11.3 Å². The molecule has 118 valence electrons. The first-order chi connectivity index (χ1) is 10.2. The van der Waals surface area contributed by atoms with E-state index in [1.807, 2.05) is 11.8 Å². The Kier molecular flexibility index (Phi) is 4.53. The summed E-state index contributed by atoms with van der Waals surface area (Å²) in [6.45, 7) is 3.48. The van der Waals surface area contributed by atoms with Gasteiger partial charge in [-0.2, -0.15) is 0 Å². The molecule has 0 unspecified atom stereocenters. The number of ether oxygens (including phenoxy) is 1. The Morgan fingerprint density at radius 2 is 2.00 bits per heavy atom. The average molecular weight is 293 g/mol. The summed E-state index contributed by atoms with van der Waals surface area (Å²) >= 11 is 0. The van der Waals surface area contributed by atoms with Gasteiger partial charge in [0.05, 0.1) is 18.3 Å². The van der Waals surface area contributed by atoms with E-state index in [2.05, 4.69) is 0 Å². The minimum Gasteiger partial charge on any atom is -0.498 e. The van der Waals surface area contributed by atoms with Gasteiger partial charge in [0.15, 0.2) is 0 Å². The Morgan fingerprint density at radius 1 is 1.19 bits per heavy atom. The van der Waals surface area contributed by atoms with Crippen molar-refractivity contribution in [3.63, 3.8) is 0 Å². The summed E-state index contributed by atoms with van der Waals surface area (Å²) in [4.78, 5) is 14.9. The van der Waals surface area contributed by atoms with Gasteiger partial charge in [0.2, 0.25) is 0 Å². The Morgan fingerprint density at radius 3 is 2.76 bits per heavy atom. The highest BCUT2D eigenvalue weighted by atomic mass is 16.5. The summed E-state index contributed by atoms with van der Waals surface area (Å²) in [5.74, 6) is 1.24. The highest BCUT2D eigenvalue weighted by Crippen LogP contribution is 2.36. The van der Waals surface area contributed by atoms with Crippen molar-refractivity contribution in [2.75, 3.05) is 13.2 Å². The number of aliphatic hydroxyl groups is 1. The van der Waals surface area contributed by atoms with Crippen LogP contribution in [-0.2, 0) is 9.53 Å². The Labute approximate surface area is 127 Å². The monoisotopic (exact) mass is 293 g/mol. The van der Waals surface area contributed by atoms with Crippen LogP contribution in [0, 0.1) is 5.92 Å². The second kappa shape index (κ2) is 6.39. The number of nitrogens with zero attached hydrogens (tertiary/aromatic N) is 1. The molecule has 3 atom stereocenters. The molecule has 1 aliphatic carbocycles. The van der Waals surface area contributed by atoms with Crippen molar-refractivity contribution in [3.05, 3.63) is 11.3 Å². The lowest BCUT2D eigenvalue weighted by Crippen LogP contribution is -2.46. The fourth-order valence-corrected chi connectivity index (χ4v) is 4.25. The van der Waals surface area contributed by atoms with E-state index < -0.39 is 0 Å². The molecule has 1 saturated heterocycles. The van der Waals surface area contributed by atoms with Gasteiger partial charge < -0.3 is 14.7 Å². The zero-order chi connectivity index (χ0) is 14.8. The fourth-order valence-electron chi connectivity index (χ4n) is 4.25. The van der Waals surface area contributed by atoms with Crippen LogP contribution in [0.4, 0.5) is 0 Å². The topological polar surface area (TPSA) is 49.8 Å². The molecule has 4 nitrogen and oxygen atoms in total. The fraction of sp³-hybridized carbons (Fsp3) is 0.824. The molecule has 0 spiro atoms. The number of carbonyl (C=O) groups is 1. The minimum atomic E-state index is -0.227. The average Bonchev–Trinajstić information content (AvgIpc) is 2.97. The highest BCUT2D eigenvalue weighted by Gasteiger charge is 2.40. The van der Waals surface area contributed by atoms with E-state index >= 15 is 0 Å². The molecule has 3 aliphatic rings. The zero-order valence-electron chi connectivity index (χ0n) is 13.0. The number of aliphatic hydroxyl groups excluding tert-OH is 1. The summed E-state index contributed by atoms with van der Waals surface area (Å²) in [5, 5.41) is 10.3. The maximum atomic E-state index is 12.9. The SMILES string of the molecule is CC1=C(C(=O)N2CCC[C@@H]2[C@H]2CCCC[C@H]2O)CCCO1. The molecular formula is C17H27NO3. The normalized spacial score (nSPS) is 34.0. The van der Waals surface area contributed by atoms with Gasteiger partial charge in [-0.1, -0.05) is 12.8 Å². The number of amides is 1. The predicted molar refractivity (Wildman–Crippen MR) is 80.6 cm³/mol. The van der Waals surface area contributed by atoms with E-state index in [0.29, 0.717) is 0 Å². The quantitative estimate of drug-likeness (QED) is 0.851. The molecule has 0 aromatic heterocycles. The van der Waals surface area contributed by atoms with Gasteiger partial charge in [-0.15, -0.1) is 0 Å². The van der Waals surface area contributed by atoms with Crippen LogP contribution in [0.1, 0.15) is 58.3 Å². The van der Waals surface area contributed by atoms with Crippen molar-refractivity contribution in [2.45, 2.75) is 70.4 Å². The van der Waals surface area contributed by atoms with Crippen molar-refractivity contribution in [1.29, 1.82) is 0 Å². The number of allylic oxidation sites excluding steroid dienone is 1. The van der Waals surface area contributed by atoms with Gasteiger partial charge in [0.1, 0.15) is 5.76 Å². The first-order valence-corrected chi connectivity index (χ1v) is 8.50. The molecule has 2 aliphatic heterocycles. The summed E-state index contributed by atoms with van der Waals surface area (Å²) in [7, 11) is 0. The van der Waals surface area contributed by atoms with E-state index in [-0.39, 0.29) is 24.0 Å². The third-order valence-corrected chi connectivity index (χ3v) is 5.41. The van der Waals surface area contributed by atoms with Crippen LogP contribution >= 0.6 is 0 Å². The lowest BCUT2D eigenvalue weighted by atomic mass is 9.80. The molecule has 1 saturated carbocycles. The summed E-state index contributed by atoms with van der Waals surface area (Å²) < 4.78 is 5.56. The van der Waals surface area contributed by atoms with Crippen molar-refractivity contribution in [3.8, 4) is 0 Å². The molecule has 0 aromatic rings. The largest absolute Gasteiger partial charge is 0.498 e. The van der Waals surface area contributed by atoms with E-state index in [1.54, 1.807) is 0 Å². The van der Waals surface area contributed by atoms with Crippen molar-refractivity contribution < 1.29 is 14.6 Å². The van der Waals surface area contributed by atoms with Crippen molar-refractivity contribution in [2.24, 2.45) is 5.92 Å². The van der Waals surface area contributed by atoms with Gasteiger partial charge in [0.25, 0.3) is 5.91 Å². The Bertz CT molecular complexity index is 432. The zero-order valence-corrected chi connectivity index (χ0v) is 13.0. The number of hydrogen-bond acceptors (Lipinski definition) is 3. The predicted octanol–water partition coefficient (Wildman–Crippen LogP) is 2.61. The Hall–Kier alpha value is -1.03. The summed E-state index contributed by atoms with van der Waals surface area (Å²) in [6.07, 6.45) is 7.91. The molecule has 3 rings (SSSR count). The molecule has 1 N–H and O–H groups in total. The third-order valence-electron chi connectivity index (χ3n) is 5.41. The smallest absolute Gasteiger partial charge is 0.253 e. The summed E-state index contributed by atoms with van der Waals surface area (Å²) in [6, 6.07) is 0.232. The number of rotatable bonds is 2. The van der Waals surface area contributed by atoms with Crippen LogP contribution in [0.25, 0.3) is 0 Å². The van der Waals surface area contributed by atoms with Crippen molar-refractivity contribution >= 4 is 5.91 Å². The first kappa shape index (κ1) is 14.9. The molecular weight excluding hydrogens is 266 g/mol. The van der Waals surface area contributed by atoms with Crippen LogP contribution < -0.4 is 0 Å². The number of hydrogen-bond donors (Lipinski definition) is 1. The molecule has 21 heavy (non-hydrogen) atoms. The second-order valence-corrected chi connectivity index (χ2v) is 6.71.